The minimum atomic E-state index is -0.582. The number of rotatable bonds is 6. The molecule has 1 aliphatic rings. The Labute approximate surface area is 223 Å². The zero-order valence-electron chi connectivity index (χ0n) is 20.9. The van der Waals surface area contributed by atoms with Crippen molar-refractivity contribution >= 4 is 62.8 Å². The second-order valence-corrected chi connectivity index (χ2v) is 9.57. The summed E-state index contributed by atoms with van der Waals surface area (Å²) in [4.78, 5) is 37.3. The average Bonchev–Trinajstić information content (AvgIpc) is 3.20. The van der Waals surface area contributed by atoms with Crippen LogP contribution >= 0.6 is 11.6 Å². The molecule has 0 unspecified atom stereocenters. The van der Waals surface area contributed by atoms with Crippen molar-refractivity contribution in [2.75, 3.05) is 43.2 Å². The van der Waals surface area contributed by atoms with Crippen molar-refractivity contribution in [2.24, 2.45) is 0 Å². The monoisotopic (exact) mass is 530 g/mol. The van der Waals surface area contributed by atoms with Crippen molar-refractivity contribution in [3.63, 3.8) is 0 Å². The molecule has 38 heavy (non-hydrogen) atoms. The van der Waals surface area contributed by atoms with Gasteiger partial charge < -0.3 is 20.4 Å². The van der Waals surface area contributed by atoms with Gasteiger partial charge in [0.15, 0.2) is 0 Å². The van der Waals surface area contributed by atoms with Crippen molar-refractivity contribution in [1.29, 1.82) is 0 Å². The van der Waals surface area contributed by atoms with Crippen LogP contribution in [0, 0.1) is 5.82 Å². The fraction of sp³-hybridized carbons (Fsp3) is 0.143. The van der Waals surface area contributed by atoms with E-state index in [9.17, 15) is 9.59 Å². The van der Waals surface area contributed by atoms with Crippen LogP contribution in [-0.4, -0.2) is 54.4 Å². The number of nitrogens with one attached hydrogen (secondary N) is 2. The Morgan fingerprint density at radius 3 is 2.50 bits per heavy atom. The first-order valence-corrected chi connectivity index (χ1v) is 12.1. The second kappa shape index (κ2) is 10.2. The molecule has 10 heteroatoms. The maximum Gasteiger partial charge on any atom is 0.258 e. The number of hydrogen-bond donors (Lipinski definition) is 2. The van der Waals surface area contributed by atoms with Crippen LogP contribution < -0.4 is 15.5 Å². The molecule has 0 saturated heterocycles. The predicted octanol–water partition coefficient (Wildman–Crippen LogP) is 4.88. The average molecular weight is 531 g/mol. The van der Waals surface area contributed by atoms with Crippen molar-refractivity contribution in [3.05, 3.63) is 89.0 Å². The van der Waals surface area contributed by atoms with E-state index in [0.717, 1.165) is 0 Å². The lowest BCUT2D eigenvalue weighted by molar-refractivity contribution is -0.119. The maximum absolute atomic E-state index is 15.2. The SMILES string of the molecule is CN(C)CC(=O)N(C)c1ccc(N/C(=C2\C(=O)Nc3cc(Cl)ccc32)c2ccc3nccnc3c2)cc1F. The minimum absolute atomic E-state index is 0.148. The quantitative estimate of drug-likeness (QED) is 0.345. The highest BCUT2D eigenvalue weighted by Crippen LogP contribution is 2.39. The van der Waals surface area contributed by atoms with E-state index in [1.807, 2.05) is 18.2 Å². The lowest BCUT2D eigenvalue weighted by Gasteiger charge is -2.21. The van der Waals surface area contributed by atoms with Gasteiger partial charge in [0.1, 0.15) is 5.82 Å². The van der Waals surface area contributed by atoms with E-state index in [2.05, 4.69) is 20.6 Å². The zero-order valence-corrected chi connectivity index (χ0v) is 21.7. The Bertz CT molecular complexity index is 1620. The predicted molar refractivity (Wildman–Crippen MR) is 148 cm³/mol. The van der Waals surface area contributed by atoms with E-state index >= 15 is 4.39 Å². The first kappa shape index (κ1) is 25.3. The molecular formula is C28H24ClFN6O2. The van der Waals surface area contributed by atoms with Gasteiger partial charge in [-0.25, -0.2) is 4.39 Å². The van der Waals surface area contributed by atoms with E-state index in [4.69, 9.17) is 11.6 Å². The summed E-state index contributed by atoms with van der Waals surface area (Å²) in [5, 5.41) is 6.59. The van der Waals surface area contributed by atoms with Crippen molar-refractivity contribution in [1.82, 2.24) is 14.9 Å². The van der Waals surface area contributed by atoms with E-state index in [1.54, 1.807) is 55.7 Å². The molecule has 0 aliphatic carbocycles. The van der Waals surface area contributed by atoms with Crippen LogP contribution in [-0.2, 0) is 9.59 Å². The largest absolute Gasteiger partial charge is 0.354 e. The molecule has 1 aliphatic heterocycles. The summed E-state index contributed by atoms with van der Waals surface area (Å²) in [6.45, 7) is 0.148. The third kappa shape index (κ3) is 4.93. The van der Waals surface area contributed by atoms with Crippen molar-refractivity contribution in [2.45, 2.75) is 0 Å². The first-order valence-electron chi connectivity index (χ1n) is 11.8. The number of likely N-dealkylation sites (N-methyl/N-ethyl adjacent to an activating group) is 2. The summed E-state index contributed by atoms with van der Waals surface area (Å²) in [5.41, 5.74) is 4.63. The normalized spacial score (nSPS) is 13.9. The molecule has 2 heterocycles. The molecule has 2 N–H and O–H groups in total. The van der Waals surface area contributed by atoms with Crippen LogP contribution in [0.5, 0.6) is 0 Å². The number of anilines is 3. The number of benzene rings is 3. The minimum Gasteiger partial charge on any atom is -0.354 e. The first-order chi connectivity index (χ1) is 18.2. The van der Waals surface area contributed by atoms with Gasteiger partial charge >= 0.3 is 0 Å². The van der Waals surface area contributed by atoms with E-state index < -0.39 is 5.82 Å². The Morgan fingerprint density at radius 1 is 1.00 bits per heavy atom. The number of carbonyl (C=O) groups is 2. The summed E-state index contributed by atoms with van der Waals surface area (Å²) >= 11 is 6.15. The molecule has 0 radical (unpaired) electrons. The summed E-state index contributed by atoms with van der Waals surface area (Å²) < 4.78 is 15.2. The van der Waals surface area contributed by atoms with Crippen molar-refractivity contribution < 1.29 is 14.0 Å². The lowest BCUT2D eigenvalue weighted by atomic mass is 9.99. The number of halogens is 2. The molecule has 3 aromatic carbocycles. The van der Waals surface area contributed by atoms with Gasteiger partial charge in [-0.2, -0.15) is 0 Å². The van der Waals surface area contributed by atoms with Gasteiger partial charge in [-0.05, 0) is 56.6 Å². The van der Waals surface area contributed by atoms with Crippen LogP contribution in [0.4, 0.5) is 21.5 Å². The van der Waals surface area contributed by atoms with E-state index in [1.165, 1.54) is 24.1 Å². The van der Waals surface area contributed by atoms with Gasteiger partial charge in [0.2, 0.25) is 5.91 Å². The van der Waals surface area contributed by atoms with Gasteiger partial charge in [-0.1, -0.05) is 23.7 Å². The van der Waals surface area contributed by atoms with Gasteiger partial charge in [-0.3, -0.25) is 19.6 Å². The number of hydrogen-bond acceptors (Lipinski definition) is 6. The van der Waals surface area contributed by atoms with Crippen molar-refractivity contribution in [3.8, 4) is 0 Å². The maximum atomic E-state index is 15.2. The summed E-state index contributed by atoms with van der Waals surface area (Å²) in [6.07, 6.45) is 3.20. The summed E-state index contributed by atoms with van der Waals surface area (Å²) in [5.74, 6) is -1.15. The molecular weight excluding hydrogens is 507 g/mol. The molecule has 2 amide bonds. The highest BCUT2D eigenvalue weighted by atomic mass is 35.5. The third-order valence-electron chi connectivity index (χ3n) is 6.14. The summed E-state index contributed by atoms with van der Waals surface area (Å²) in [7, 11) is 5.08. The van der Waals surface area contributed by atoms with Crippen LogP contribution in [0.15, 0.2) is 67.0 Å². The molecule has 8 nitrogen and oxygen atoms in total. The second-order valence-electron chi connectivity index (χ2n) is 9.14. The molecule has 1 aromatic heterocycles. The third-order valence-corrected chi connectivity index (χ3v) is 6.37. The Hall–Kier alpha value is -4.34. The zero-order chi connectivity index (χ0) is 27.0. The fourth-order valence-electron chi connectivity index (χ4n) is 4.30. The standard InChI is InChI=1S/C28H24ClFN6O2/c1-35(2)15-25(37)36(3)24-9-6-18(14-20(24)30)33-27(16-4-8-21-23(12-16)32-11-10-31-21)26-19-7-5-17(29)13-22(19)34-28(26)38/h4-14,33H,15H2,1-3H3,(H,34,38)/b27-26-. The van der Waals surface area contributed by atoms with Crippen LogP contribution in [0.1, 0.15) is 11.1 Å². The molecule has 0 atom stereocenters. The molecule has 4 aromatic rings. The smallest absolute Gasteiger partial charge is 0.258 e. The topological polar surface area (TPSA) is 90.5 Å². The lowest BCUT2D eigenvalue weighted by Crippen LogP contribution is -2.35. The molecule has 0 spiro atoms. The van der Waals surface area contributed by atoms with Gasteiger partial charge in [0.05, 0.1) is 40.2 Å². The van der Waals surface area contributed by atoms with E-state index in [0.29, 0.717) is 49.8 Å². The number of carbonyl (C=O) groups excluding carboxylic acids is 2. The van der Waals surface area contributed by atoms with Crippen LogP contribution in [0.2, 0.25) is 5.02 Å². The van der Waals surface area contributed by atoms with Gasteiger partial charge in [0.25, 0.3) is 5.91 Å². The number of amides is 2. The van der Waals surface area contributed by atoms with Crippen LogP contribution in [0.3, 0.4) is 0 Å². The highest BCUT2D eigenvalue weighted by molar-refractivity contribution is 6.38. The van der Waals surface area contributed by atoms with E-state index in [-0.39, 0.29) is 24.0 Å². The molecule has 0 bridgehead atoms. The molecule has 0 fully saturated rings. The molecule has 192 valence electrons. The molecule has 5 rings (SSSR count). The molecule has 0 saturated carbocycles. The Kier molecular flexibility index (Phi) is 6.79. The Balaban J connectivity index is 1.60. The van der Waals surface area contributed by atoms with Gasteiger partial charge in [-0.15, -0.1) is 0 Å². The number of nitrogens with zero attached hydrogens (tertiary/aromatic N) is 4. The van der Waals surface area contributed by atoms with Crippen LogP contribution in [0.25, 0.3) is 22.3 Å². The highest BCUT2D eigenvalue weighted by Gasteiger charge is 2.29. The summed E-state index contributed by atoms with van der Waals surface area (Å²) in [6, 6.07) is 15.1. The Morgan fingerprint density at radius 2 is 1.76 bits per heavy atom. The number of fused-ring (bicyclic) bond motifs is 2. The van der Waals surface area contributed by atoms with Gasteiger partial charge in [0, 0.05) is 41.3 Å². The number of aromatic nitrogens is 2. The fourth-order valence-corrected chi connectivity index (χ4v) is 4.48.